The lowest BCUT2D eigenvalue weighted by molar-refractivity contribution is -0.145. The van der Waals surface area contributed by atoms with E-state index < -0.39 is 12.0 Å². The van der Waals surface area contributed by atoms with Gasteiger partial charge in [-0.15, -0.1) is 0 Å². The minimum absolute atomic E-state index is 0.0674. The third kappa shape index (κ3) is 3.99. The van der Waals surface area contributed by atoms with Crippen molar-refractivity contribution in [2.75, 3.05) is 13.7 Å². The molecule has 1 saturated carbocycles. The predicted molar refractivity (Wildman–Crippen MR) is 80.9 cm³/mol. The zero-order valence-electron chi connectivity index (χ0n) is 13.5. The molecular formula is C16H26N2O4. The van der Waals surface area contributed by atoms with Crippen molar-refractivity contribution in [2.24, 2.45) is 5.92 Å². The summed E-state index contributed by atoms with van der Waals surface area (Å²) in [4.78, 5) is 37.7. The van der Waals surface area contributed by atoms with Crippen molar-refractivity contribution in [3.8, 4) is 0 Å². The molecule has 1 unspecified atom stereocenters. The summed E-state index contributed by atoms with van der Waals surface area (Å²) in [7, 11) is 1.29. The molecule has 22 heavy (non-hydrogen) atoms. The first-order valence-corrected chi connectivity index (χ1v) is 8.20. The number of nitrogens with zero attached hydrogens (tertiary/aromatic N) is 1. The maximum atomic E-state index is 12.2. The Morgan fingerprint density at radius 1 is 1.23 bits per heavy atom. The van der Waals surface area contributed by atoms with Gasteiger partial charge in [-0.1, -0.05) is 25.7 Å². The van der Waals surface area contributed by atoms with Crippen LogP contribution < -0.4 is 5.32 Å². The highest BCUT2D eigenvalue weighted by Gasteiger charge is 2.38. The summed E-state index contributed by atoms with van der Waals surface area (Å²) < 4.78 is 4.60. The zero-order chi connectivity index (χ0) is 16.1. The van der Waals surface area contributed by atoms with E-state index in [9.17, 15) is 14.4 Å². The highest BCUT2D eigenvalue weighted by Crippen LogP contribution is 2.28. The van der Waals surface area contributed by atoms with Gasteiger partial charge in [0.05, 0.1) is 13.0 Å². The molecule has 1 N–H and O–H groups in total. The summed E-state index contributed by atoms with van der Waals surface area (Å²) in [6, 6.07) is -0.398. The molecule has 0 bridgehead atoms. The molecule has 2 amide bonds. The smallest absolute Gasteiger partial charge is 0.328 e. The van der Waals surface area contributed by atoms with Gasteiger partial charge in [-0.25, -0.2) is 4.79 Å². The highest BCUT2D eigenvalue weighted by molar-refractivity contribution is 5.91. The van der Waals surface area contributed by atoms with Gasteiger partial charge in [0.2, 0.25) is 11.8 Å². The van der Waals surface area contributed by atoms with E-state index in [0.717, 1.165) is 25.7 Å². The minimum Gasteiger partial charge on any atom is -0.467 e. The molecule has 6 heteroatoms. The molecule has 1 aliphatic carbocycles. The van der Waals surface area contributed by atoms with E-state index in [2.05, 4.69) is 10.1 Å². The van der Waals surface area contributed by atoms with Crippen molar-refractivity contribution in [1.29, 1.82) is 0 Å². The molecule has 2 rings (SSSR count). The molecule has 124 valence electrons. The lowest BCUT2D eigenvalue weighted by atomic mass is 10.1. The third-order valence-corrected chi connectivity index (χ3v) is 4.71. The van der Waals surface area contributed by atoms with Crippen molar-refractivity contribution in [3.63, 3.8) is 0 Å². The molecule has 0 aromatic carbocycles. The van der Waals surface area contributed by atoms with Crippen LogP contribution >= 0.6 is 0 Å². The van der Waals surface area contributed by atoms with Crippen LogP contribution in [0.3, 0.4) is 0 Å². The number of carbonyl (C=O) groups is 3. The number of ether oxygens (including phenoxy) is 1. The first-order chi connectivity index (χ1) is 10.5. The summed E-state index contributed by atoms with van der Waals surface area (Å²) in [5, 5.41) is 2.64. The number of rotatable bonds is 4. The molecule has 1 aliphatic heterocycles. The topological polar surface area (TPSA) is 75.7 Å². The molecule has 0 aromatic heterocycles. The number of methoxy groups -OCH3 is 1. The molecule has 1 heterocycles. The summed E-state index contributed by atoms with van der Waals surface area (Å²) in [6.07, 6.45) is 7.11. The normalized spacial score (nSPS) is 24.7. The van der Waals surface area contributed by atoms with Crippen molar-refractivity contribution < 1.29 is 19.1 Å². The molecule has 1 saturated heterocycles. The number of nitrogens with one attached hydrogen (secondary N) is 1. The summed E-state index contributed by atoms with van der Waals surface area (Å²) >= 11 is 0. The number of carbonyl (C=O) groups excluding carboxylic acids is 3. The average molecular weight is 310 g/mol. The number of esters is 1. The van der Waals surface area contributed by atoms with Crippen LogP contribution in [0, 0.1) is 5.92 Å². The number of hydrogen-bond acceptors (Lipinski definition) is 4. The van der Waals surface area contributed by atoms with E-state index in [0.29, 0.717) is 6.54 Å². The molecular weight excluding hydrogens is 284 g/mol. The van der Waals surface area contributed by atoms with E-state index >= 15 is 0 Å². The Balaban J connectivity index is 1.90. The fourth-order valence-corrected chi connectivity index (χ4v) is 3.40. The Kier molecular flexibility index (Phi) is 5.80. The van der Waals surface area contributed by atoms with Gasteiger partial charge in [-0.2, -0.15) is 0 Å². The van der Waals surface area contributed by atoms with Crippen LogP contribution in [0.2, 0.25) is 0 Å². The van der Waals surface area contributed by atoms with Gasteiger partial charge in [0.15, 0.2) is 0 Å². The van der Waals surface area contributed by atoms with Crippen molar-refractivity contribution >= 4 is 17.8 Å². The van der Waals surface area contributed by atoms with Crippen LogP contribution in [0.1, 0.15) is 51.9 Å². The summed E-state index contributed by atoms with van der Waals surface area (Å²) in [5.74, 6) is -0.999. The van der Waals surface area contributed by atoms with Gasteiger partial charge in [0.25, 0.3) is 0 Å². The maximum absolute atomic E-state index is 12.2. The van der Waals surface area contributed by atoms with Gasteiger partial charge < -0.3 is 15.0 Å². The van der Waals surface area contributed by atoms with E-state index in [1.807, 2.05) is 4.90 Å². The van der Waals surface area contributed by atoms with E-state index in [1.54, 1.807) is 6.92 Å². The second-order valence-electron chi connectivity index (χ2n) is 6.35. The largest absolute Gasteiger partial charge is 0.467 e. The van der Waals surface area contributed by atoms with Crippen LogP contribution in [-0.2, 0) is 19.1 Å². The predicted octanol–water partition coefficient (Wildman–Crippen LogP) is 1.24. The molecule has 2 atom stereocenters. The van der Waals surface area contributed by atoms with Crippen LogP contribution in [0.5, 0.6) is 0 Å². The summed E-state index contributed by atoms with van der Waals surface area (Å²) in [5.41, 5.74) is 0. The fraction of sp³-hybridized carbons (Fsp3) is 0.812. The molecule has 6 nitrogen and oxygen atoms in total. The highest BCUT2D eigenvalue weighted by atomic mass is 16.5. The second-order valence-corrected chi connectivity index (χ2v) is 6.35. The molecule has 2 aliphatic rings. The number of amides is 2. The van der Waals surface area contributed by atoms with E-state index in [4.69, 9.17) is 0 Å². The van der Waals surface area contributed by atoms with Gasteiger partial charge in [0, 0.05) is 19.0 Å². The van der Waals surface area contributed by atoms with Crippen LogP contribution in [0.25, 0.3) is 0 Å². The zero-order valence-corrected chi connectivity index (χ0v) is 13.5. The van der Waals surface area contributed by atoms with Gasteiger partial charge >= 0.3 is 5.97 Å². The van der Waals surface area contributed by atoms with Crippen molar-refractivity contribution in [3.05, 3.63) is 0 Å². The third-order valence-electron chi connectivity index (χ3n) is 4.71. The van der Waals surface area contributed by atoms with Crippen LogP contribution in [-0.4, -0.2) is 48.4 Å². The SMILES string of the molecule is COC(=O)[C@@H](C)NC(=O)C1CC(=O)N(C2CCCCCC2)C1. The minimum atomic E-state index is -0.681. The van der Waals surface area contributed by atoms with E-state index in [-0.39, 0.29) is 30.2 Å². The maximum Gasteiger partial charge on any atom is 0.328 e. The Hall–Kier alpha value is -1.59. The quantitative estimate of drug-likeness (QED) is 0.626. The Morgan fingerprint density at radius 2 is 1.86 bits per heavy atom. The number of likely N-dealkylation sites (tertiary alicyclic amines) is 1. The first kappa shape index (κ1) is 16.8. The van der Waals surface area contributed by atoms with E-state index in [1.165, 1.54) is 20.0 Å². The number of hydrogen-bond donors (Lipinski definition) is 1. The van der Waals surface area contributed by atoms with Gasteiger partial charge in [-0.3, -0.25) is 9.59 Å². The monoisotopic (exact) mass is 310 g/mol. The Morgan fingerprint density at radius 3 is 2.45 bits per heavy atom. The van der Waals surface area contributed by atoms with Crippen LogP contribution in [0.4, 0.5) is 0 Å². The van der Waals surface area contributed by atoms with Crippen molar-refractivity contribution in [2.45, 2.75) is 64.0 Å². The average Bonchev–Trinajstić information content (AvgIpc) is 2.73. The van der Waals surface area contributed by atoms with Crippen LogP contribution in [0.15, 0.2) is 0 Å². The first-order valence-electron chi connectivity index (χ1n) is 8.20. The Labute approximate surface area is 131 Å². The van der Waals surface area contributed by atoms with Gasteiger partial charge in [0.1, 0.15) is 6.04 Å². The lowest BCUT2D eigenvalue weighted by Crippen LogP contribution is -2.43. The lowest BCUT2D eigenvalue weighted by Gasteiger charge is -2.27. The second kappa shape index (κ2) is 7.61. The standard InChI is InChI=1S/C16H26N2O4/c1-11(16(21)22-2)17-15(20)12-9-14(19)18(10-12)13-7-5-3-4-6-8-13/h11-13H,3-10H2,1-2H3,(H,17,20)/t11-,12?/m1/s1. The van der Waals surface area contributed by atoms with Crippen molar-refractivity contribution in [1.82, 2.24) is 10.2 Å². The molecule has 0 radical (unpaired) electrons. The fourth-order valence-electron chi connectivity index (χ4n) is 3.40. The molecule has 0 spiro atoms. The van der Waals surface area contributed by atoms with Gasteiger partial charge in [-0.05, 0) is 19.8 Å². The molecule has 2 fully saturated rings. The summed E-state index contributed by atoms with van der Waals surface area (Å²) in [6.45, 7) is 2.06. The molecule has 0 aromatic rings. The Bertz CT molecular complexity index is 430.